The van der Waals surface area contributed by atoms with Gasteiger partial charge in [-0.3, -0.25) is 19.2 Å². The van der Waals surface area contributed by atoms with E-state index in [0.717, 1.165) is 16.0 Å². The monoisotopic (exact) mass is 727 g/mol. The van der Waals surface area contributed by atoms with Crippen LogP contribution in [0, 0.1) is 13.8 Å². The molecule has 9 nitrogen and oxygen atoms in total. The first kappa shape index (κ1) is 36.1. The number of anilines is 1. The standard InChI is InChI=1S/C46H33NO8/c1-28-16-20-30(21-17-28)39(48)41(32-10-5-3-6-11-32)54-45(52)34-14-9-15-36(26-34)47-43(50)37-25-24-35(27-38(37)44(47)51)46(53)55-42(33-12-7-4-8-13-33)40(49)31-22-18-29(2)19-23-31/h3-27,41-42H,1-2H3/t41-,42-/m0/s1. The Morgan fingerprint density at radius 1 is 0.455 bits per heavy atom. The number of carbonyl (C=O) groups is 6. The van der Waals surface area contributed by atoms with Crippen molar-refractivity contribution >= 4 is 41.0 Å². The van der Waals surface area contributed by atoms with Crippen LogP contribution in [0.1, 0.15) is 96.6 Å². The van der Waals surface area contributed by atoms with Crippen LogP contribution in [0.25, 0.3) is 0 Å². The van der Waals surface area contributed by atoms with E-state index in [9.17, 15) is 28.8 Å². The van der Waals surface area contributed by atoms with Crippen LogP contribution in [0.15, 0.2) is 152 Å². The molecule has 0 bridgehead atoms. The summed E-state index contributed by atoms with van der Waals surface area (Å²) >= 11 is 0. The number of amides is 2. The summed E-state index contributed by atoms with van der Waals surface area (Å²) in [6, 6.07) is 40.8. The number of ether oxygens (including phenoxy) is 2. The van der Waals surface area contributed by atoms with Crippen molar-refractivity contribution in [3.63, 3.8) is 0 Å². The lowest BCUT2D eigenvalue weighted by molar-refractivity contribution is 0.0278. The van der Waals surface area contributed by atoms with Crippen molar-refractivity contribution in [2.45, 2.75) is 26.1 Å². The van der Waals surface area contributed by atoms with Crippen LogP contribution in [0.4, 0.5) is 5.69 Å². The van der Waals surface area contributed by atoms with Crippen LogP contribution in [0.3, 0.4) is 0 Å². The highest BCUT2D eigenvalue weighted by Gasteiger charge is 2.38. The Bertz CT molecular complexity index is 2460. The largest absolute Gasteiger partial charge is 0.445 e. The molecule has 0 saturated carbocycles. The predicted molar refractivity (Wildman–Crippen MR) is 204 cm³/mol. The van der Waals surface area contributed by atoms with Crippen molar-refractivity contribution in [3.05, 3.63) is 207 Å². The minimum atomic E-state index is -1.27. The van der Waals surface area contributed by atoms with Crippen molar-refractivity contribution in [2.24, 2.45) is 0 Å². The number of carbonyl (C=O) groups excluding carboxylic acids is 6. The van der Waals surface area contributed by atoms with Crippen molar-refractivity contribution in [2.75, 3.05) is 4.90 Å². The summed E-state index contributed by atoms with van der Waals surface area (Å²) in [7, 11) is 0. The zero-order valence-corrected chi connectivity index (χ0v) is 29.8. The molecule has 0 spiro atoms. The average Bonchev–Trinajstić information content (AvgIpc) is 3.47. The molecule has 1 aliphatic rings. The lowest BCUT2D eigenvalue weighted by atomic mass is 9.99. The summed E-state index contributed by atoms with van der Waals surface area (Å²) in [6.45, 7) is 3.80. The molecule has 0 radical (unpaired) electrons. The Morgan fingerprint density at radius 2 is 0.891 bits per heavy atom. The molecule has 0 N–H and O–H groups in total. The van der Waals surface area contributed by atoms with Gasteiger partial charge in [-0.05, 0) is 50.2 Å². The van der Waals surface area contributed by atoms with Crippen LogP contribution in [0.2, 0.25) is 0 Å². The summed E-state index contributed by atoms with van der Waals surface area (Å²) in [4.78, 5) is 82.7. The maximum Gasteiger partial charge on any atom is 0.339 e. The van der Waals surface area contributed by atoms with Crippen molar-refractivity contribution < 1.29 is 38.2 Å². The number of aryl methyl sites for hydroxylation is 2. The third-order valence-electron chi connectivity index (χ3n) is 9.27. The number of hydrogen-bond acceptors (Lipinski definition) is 8. The van der Waals surface area contributed by atoms with Gasteiger partial charge in [0.25, 0.3) is 11.8 Å². The molecule has 6 aromatic carbocycles. The van der Waals surface area contributed by atoms with Crippen LogP contribution in [-0.2, 0) is 9.47 Å². The number of nitrogens with zero attached hydrogens (tertiary/aromatic N) is 1. The Hall–Kier alpha value is -7.26. The number of esters is 2. The van der Waals surface area contributed by atoms with E-state index in [2.05, 4.69) is 0 Å². The van der Waals surface area contributed by atoms with Gasteiger partial charge in [-0.25, -0.2) is 14.5 Å². The van der Waals surface area contributed by atoms with Gasteiger partial charge in [0.1, 0.15) is 0 Å². The molecule has 2 atom stereocenters. The van der Waals surface area contributed by atoms with E-state index in [1.807, 2.05) is 13.8 Å². The fourth-order valence-electron chi connectivity index (χ4n) is 6.26. The van der Waals surface area contributed by atoms with Gasteiger partial charge >= 0.3 is 11.9 Å². The zero-order valence-electron chi connectivity index (χ0n) is 29.8. The van der Waals surface area contributed by atoms with Crippen LogP contribution < -0.4 is 4.90 Å². The van der Waals surface area contributed by atoms with Crippen molar-refractivity contribution in [1.29, 1.82) is 0 Å². The zero-order chi connectivity index (χ0) is 38.6. The van der Waals surface area contributed by atoms with Gasteiger partial charge in [-0.2, -0.15) is 0 Å². The SMILES string of the molecule is Cc1ccc(C(=O)[C@@H](OC(=O)c2cccc(N3C(=O)c4ccc(C(=O)O[C@H](C(=O)c5ccc(C)cc5)c5ccccc5)cc4C3=O)c2)c2ccccc2)cc1. The normalized spacial score (nSPS) is 13.1. The van der Waals surface area contributed by atoms with Gasteiger partial charge < -0.3 is 9.47 Å². The lowest BCUT2D eigenvalue weighted by Crippen LogP contribution is -2.29. The van der Waals surface area contributed by atoms with Gasteiger partial charge in [0.05, 0.1) is 27.9 Å². The Balaban J connectivity index is 1.12. The third-order valence-corrected chi connectivity index (χ3v) is 9.27. The summed E-state index contributed by atoms with van der Waals surface area (Å²) in [5.74, 6) is -3.95. The number of fused-ring (bicyclic) bond motifs is 1. The highest BCUT2D eigenvalue weighted by molar-refractivity contribution is 6.34. The molecule has 0 saturated heterocycles. The summed E-state index contributed by atoms with van der Waals surface area (Å²) in [5.41, 5.74) is 3.62. The molecule has 9 heteroatoms. The molecule has 0 aliphatic carbocycles. The minimum Gasteiger partial charge on any atom is -0.445 e. The second-order valence-electron chi connectivity index (χ2n) is 13.1. The Labute approximate surface area is 316 Å². The number of ketones is 2. The van der Waals surface area contributed by atoms with E-state index >= 15 is 0 Å². The first-order valence-corrected chi connectivity index (χ1v) is 17.5. The number of rotatable bonds is 11. The Kier molecular flexibility index (Phi) is 10.1. The topological polar surface area (TPSA) is 124 Å². The molecule has 0 unspecified atom stereocenters. The second kappa shape index (κ2) is 15.4. The first-order chi connectivity index (χ1) is 26.6. The molecular weight excluding hydrogens is 695 g/mol. The van der Waals surface area contributed by atoms with E-state index < -0.39 is 47.5 Å². The third kappa shape index (κ3) is 7.49. The smallest absolute Gasteiger partial charge is 0.339 e. The molecular formula is C46H33NO8. The fourth-order valence-corrected chi connectivity index (χ4v) is 6.26. The van der Waals surface area contributed by atoms with Gasteiger partial charge in [-0.1, -0.05) is 126 Å². The van der Waals surface area contributed by atoms with E-state index in [0.29, 0.717) is 22.3 Å². The Morgan fingerprint density at radius 3 is 1.38 bits per heavy atom. The molecule has 1 aliphatic heterocycles. The molecule has 0 aromatic heterocycles. The fraction of sp³-hybridized carbons (Fsp3) is 0.0870. The molecule has 0 fully saturated rings. The van der Waals surface area contributed by atoms with Crippen LogP contribution in [-0.4, -0.2) is 35.3 Å². The van der Waals surface area contributed by atoms with Gasteiger partial charge in [0, 0.05) is 22.3 Å². The molecule has 1 heterocycles. The van der Waals surface area contributed by atoms with Crippen molar-refractivity contribution in [3.8, 4) is 0 Å². The van der Waals surface area contributed by atoms with Gasteiger partial charge in [0.15, 0.2) is 12.2 Å². The van der Waals surface area contributed by atoms with E-state index in [-0.39, 0.29) is 27.9 Å². The summed E-state index contributed by atoms with van der Waals surface area (Å²) in [6.07, 6.45) is -2.53. The molecule has 55 heavy (non-hydrogen) atoms. The molecule has 6 aromatic rings. The maximum absolute atomic E-state index is 13.8. The predicted octanol–water partition coefficient (Wildman–Crippen LogP) is 8.67. The first-order valence-electron chi connectivity index (χ1n) is 17.5. The number of hydrogen-bond donors (Lipinski definition) is 0. The summed E-state index contributed by atoms with van der Waals surface area (Å²) in [5, 5.41) is 0. The molecule has 7 rings (SSSR count). The minimum absolute atomic E-state index is 0.00107. The average molecular weight is 728 g/mol. The van der Waals surface area contributed by atoms with E-state index in [1.54, 1.807) is 109 Å². The van der Waals surface area contributed by atoms with E-state index in [4.69, 9.17) is 9.47 Å². The van der Waals surface area contributed by atoms with Crippen LogP contribution >= 0.6 is 0 Å². The highest BCUT2D eigenvalue weighted by Crippen LogP contribution is 2.32. The molecule has 2 amide bonds. The maximum atomic E-state index is 13.8. The van der Waals surface area contributed by atoms with Gasteiger partial charge in [-0.15, -0.1) is 0 Å². The lowest BCUT2D eigenvalue weighted by Gasteiger charge is -2.19. The molecule has 270 valence electrons. The van der Waals surface area contributed by atoms with Crippen LogP contribution in [0.5, 0.6) is 0 Å². The quantitative estimate of drug-likeness (QED) is 0.0738. The second-order valence-corrected chi connectivity index (χ2v) is 13.1. The van der Waals surface area contributed by atoms with E-state index in [1.165, 1.54) is 42.5 Å². The number of imide groups is 1. The van der Waals surface area contributed by atoms with Crippen molar-refractivity contribution in [1.82, 2.24) is 0 Å². The number of Topliss-reactive ketones (excluding diaryl/α,β-unsaturated/α-hetero) is 2. The highest BCUT2D eigenvalue weighted by atomic mass is 16.6. The van der Waals surface area contributed by atoms with Gasteiger partial charge in [0.2, 0.25) is 11.6 Å². The summed E-state index contributed by atoms with van der Waals surface area (Å²) < 4.78 is 11.6. The number of benzene rings is 6.